The topological polar surface area (TPSA) is 100 Å². The van der Waals surface area contributed by atoms with Crippen LogP contribution in [-0.4, -0.2) is 25.4 Å². The third-order valence-electron chi connectivity index (χ3n) is 4.87. The van der Waals surface area contributed by atoms with Crippen LogP contribution in [0.2, 0.25) is 0 Å². The molecule has 144 valence electrons. The fourth-order valence-electron chi connectivity index (χ4n) is 3.64. The van der Waals surface area contributed by atoms with E-state index in [1.54, 1.807) is 12.3 Å². The van der Waals surface area contributed by atoms with Crippen LogP contribution in [0.25, 0.3) is 22.2 Å². The van der Waals surface area contributed by atoms with E-state index < -0.39 is 0 Å². The minimum atomic E-state index is -0.174. The van der Waals surface area contributed by atoms with Gasteiger partial charge in [0.2, 0.25) is 0 Å². The van der Waals surface area contributed by atoms with E-state index in [4.69, 9.17) is 4.74 Å². The summed E-state index contributed by atoms with van der Waals surface area (Å²) in [7, 11) is 0. The number of rotatable bonds is 4. The summed E-state index contributed by atoms with van der Waals surface area (Å²) >= 11 is 0. The molecule has 0 aliphatic carbocycles. The molecule has 4 aromatic rings. The molecule has 1 atom stereocenters. The van der Waals surface area contributed by atoms with E-state index in [1.165, 1.54) is 0 Å². The summed E-state index contributed by atoms with van der Waals surface area (Å²) in [6.07, 6.45) is 1.57. The number of hydrogen-bond acceptors (Lipinski definition) is 6. The maximum atomic E-state index is 9.22. The largest absolute Gasteiger partial charge is 0.486 e. The van der Waals surface area contributed by atoms with E-state index in [2.05, 4.69) is 31.4 Å². The molecule has 0 bridgehead atoms. The van der Waals surface area contributed by atoms with Crippen LogP contribution in [0, 0.1) is 32.1 Å². The zero-order valence-corrected chi connectivity index (χ0v) is 16.7. The first-order chi connectivity index (χ1) is 14.0. The number of hydrogen-bond donors (Lipinski definition) is 1. The van der Waals surface area contributed by atoms with Gasteiger partial charge in [0, 0.05) is 22.2 Å². The number of H-pyrrole nitrogens is 1. The Labute approximate surface area is 168 Å². The van der Waals surface area contributed by atoms with Crippen molar-refractivity contribution in [2.24, 2.45) is 0 Å². The van der Waals surface area contributed by atoms with Crippen molar-refractivity contribution in [3.05, 3.63) is 64.7 Å². The molecule has 0 aliphatic heterocycles. The minimum absolute atomic E-state index is 0.174. The molecular weight excluding hydrogens is 364 g/mol. The van der Waals surface area contributed by atoms with Gasteiger partial charge in [-0.3, -0.25) is 5.10 Å². The molecule has 0 unspecified atom stereocenters. The molecule has 0 saturated carbocycles. The van der Waals surface area contributed by atoms with Crippen molar-refractivity contribution in [2.45, 2.75) is 33.8 Å². The molecule has 0 aliphatic rings. The summed E-state index contributed by atoms with van der Waals surface area (Å²) < 4.78 is 6.22. The molecule has 0 amide bonds. The second-order valence-electron chi connectivity index (χ2n) is 7.06. The van der Waals surface area contributed by atoms with E-state index in [0.29, 0.717) is 5.69 Å². The third kappa shape index (κ3) is 3.52. The second-order valence-corrected chi connectivity index (χ2v) is 7.06. The second kappa shape index (κ2) is 7.32. The van der Waals surface area contributed by atoms with Crippen LogP contribution in [0.4, 0.5) is 0 Å². The highest BCUT2D eigenvalue weighted by atomic mass is 16.5. The predicted octanol–water partition coefficient (Wildman–Crippen LogP) is 4.35. The number of nitrogens with zero attached hydrogens (tertiary/aromatic N) is 5. The maximum absolute atomic E-state index is 9.22. The van der Waals surface area contributed by atoms with Crippen LogP contribution >= 0.6 is 0 Å². The average molecular weight is 384 g/mol. The van der Waals surface area contributed by atoms with E-state index >= 15 is 0 Å². The number of fused-ring (bicyclic) bond motifs is 1. The number of pyridine rings is 1. The Morgan fingerprint density at radius 1 is 1.14 bits per heavy atom. The first-order valence-electron chi connectivity index (χ1n) is 9.29. The Balaban J connectivity index is 1.73. The molecule has 4 rings (SSSR count). The van der Waals surface area contributed by atoms with Gasteiger partial charge in [-0.2, -0.15) is 20.6 Å². The zero-order valence-electron chi connectivity index (χ0n) is 16.7. The highest BCUT2D eigenvalue weighted by molar-refractivity contribution is 5.93. The van der Waals surface area contributed by atoms with Gasteiger partial charge in [0.25, 0.3) is 0 Å². The van der Waals surface area contributed by atoms with Crippen LogP contribution in [0.1, 0.15) is 41.2 Å². The van der Waals surface area contributed by atoms with Gasteiger partial charge in [-0.15, -0.1) is 0 Å². The lowest BCUT2D eigenvalue weighted by Crippen LogP contribution is -2.09. The lowest BCUT2D eigenvalue weighted by molar-refractivity contribution is 0.225. The maximum Gasteiger partial charge on any atom is 0.141 e. The summed E-state index contributed by atoms with van der Waals surface area (Å²) in [5, 5.41) is 25.8. The van der Waals surface area contributed by atoms with Crippen LogP contribution in [0.15, 0.2) is 36.5 Å². The smallest absolute Gasteiger partial charge is 0.141 e. The van der Waals surface area contributed by atoms with Crippen LogP contribution in [0.3, 0.4) is 0 Å². The fraction of sp³-hybridized carbons (Fsp3) is 0.227. The quantitative estimate of drug-likeness (QED) is 0.561. The lowest BCUT2D eigenvalue weighted by atomic mass is 10.0. The van der Waals surface area contributed by atoms with Gasteiger partial charge < -0.3 is 4.74 Å². The van der Waals surface area contributed by atoms with Gasteiger partial charge in [0.1, 0.15) is 29.3 Å². The first kappa shape index (κ1) is 18.6. The van der Waals surface area contributed by atoms with Gasteiger partial charge in [-0.1, -0.05) is 0 Å². The molecule has 0 radical (unpaired) electrons. The van der Waals surface area contributed by atoms with Crippen molar-refractivity contribution < 1.29 is 4.74 Å². The molecule has 0 spiro atoms. The molecule has 3 heterocycles. The minimum Gasteiger partial charge on any atom is -0.486 e. The van der Waals surface area contributed by atoms with E-state index in [1.807, 2.05) is 52.0 Å². The summed E-state index contributed by atoms with van der Waals surface area (Å²) in [6.45, 7) is 7.81. The SMILES string of the molecule is Cc1cc(-c2n[nH]c3ccc(O[C@@H](C)c4c(C)cnnc4C)cc23)cc(C#N)n1. The highest BCUT2D eigenvalue weighted by Crippen LogP contribution is 2.32. The van der Waals surface area contributed by atoms with E-state index in [-0.39, 0.29) is 6.10 Å². The highest BCUT2D eigenvalue weighted by Gasteiger charge is 2.16. The number of aromatic nitrogens is 5. The number of ether oxygens (including phenoxy) is 1. The molecule has 1 aromatic carbocycles. The number of nitrogens with one attached hydrogen (secondary N) is 1. The normalized spacial score (nSPS) is 12.0. The van der Waals surface area contributed by atoms with Crippen molar-refractivity contribution in [3.63, 3.8) is 0 Å². The Morgan fingerprint density at radius 2 is 1.97 bits per heavy atom. The van der Waals surface area contributed by atoms with Crippen molar-refractivity contribution >= 4 is 10.9 Å². The summed E-state index contributed by atoms with van der Waals surface area (Å²) in [5.74, 6) is 0.731. The van der Waals surface area contributed by atoms with Crippen LogP contribution in [0.5, 0.6) is 5.75 Å². The van der Waals surface area contributed by atoms with Crippen molar-refractivity contribution in [3.8, 4) is 23.1 Å². The monoisotopic (exact) mass is 384 g/mol. The summed E-state index contributed by atoms with van der Waals surface area (Å²) in [6, 6.07) is 11.6. The number of aryl methyl sites for hydroxylation is 3. The Hall–Kier alpha value is -3.79. The Morgan fingerprint density at radius 3 is 2.72 bits per heavy atom. The molecule has 7 nitrogen and oxygen atoms in total. The molecule has 7 heteroatoms. The standard InChI is InChI=1S/C22H20N6O/c1-12-11-24-26-14(3)21(12)15(4)29-18-5-6-20-19(9-18)22(28-27-20)16-7-13(2)25-17(8-16)10-23/h5-9,11,15H,1-4H3,(H,27,28)/t15-/m0/s1. The molecular formula is C22H20N6O. The van der Waals surface area contributed by atoms with E-state index in [9.17, 15) is 5.26 Å². The number of aromatic amines is 1. The molecule has 1 N–H and O–H groups in total. The van der Waals surface area contributed by atoms with Crippen molar-refractivity contribution in [1.29, 1.82) is 5.26 Å². The van der Waals surface area contributed by atoms with Gasteiger partial charge in [0.05, 0.1) is 17.4 Å². The molecule has 0 fully saturated rings. The van der Waals surface area contributed by atoms with Gasteiger partial charge in [-0.25, -0.2) is 4.98 Å². The molecule has 3 aromatic heterocycles. The lowest BCUT2D eigenvalue weighted by Gasteiger charge is -2.18. The zero-order chi connectivity index (χ0) is 20.5. The Bertz CT molecular complexity index is 1230. The fourth-order valence-corrected chi connectivity index (χ4v) is 3.64. The van der Waals surface area contributed by atoms with E-state index in [0.717, 1.165) is 50.4 Å². The predicted molar refractivity (Wildman–Crippen MR) is 109 cm³/mol. The van der Waals surface area contributed by atoms with Gasteiger partial charge in [-0.05, 0) is 63.6 Å². The summed E-state index contributed by atoms with van der Waals surface area (Å²) in [4.78, 5) is 4.21. The van der Waals surface area contributed by atoms with Crippen molar-refractivity contribution in [2.75, 3.05) is 0 Å². The third-order valence-corrected chi connectivity index (χ3v) is 4.87. The number of nitriles is 1. The van der Waals surface area contributed by atoms with Gasteiger partial charge in [0.15, 0.2) is 0 Å². The van der Waals surface area contributed by atoms with Crippen LogP contribution in [-0.2, 0) is 0 Å². The summed E-state index contributed by atoms with van der Waals surface area (Å²) in [5.41, 5.74) is 6.58. The Kier molecular flexibility index (Phi) is 4.69. The first-order valence-corrected chi connectivity index (χ1v) is 9.29. The van der Waals surface area contributed by atoms with Crippen molar-refractivity contribution in [1.82, 2.24) is 25.4 Å². The number of benzene rings is 1. The molecule has 0 saturated heterocycles. The average Bonchev–Trinajstić information content (AvgIpc) is 3.10. The molecule has 29 heavy (non-hydrogen) atoms. The van der Waals surface area contributed by atoms with Gasteiger partial charge >= 0.3 is 0 Å². The van der Waals surface area contributed by atoms with Crippen LogP contribution < -0.4 is 4.74 Å².